The van der Waals surface area contributed by atoms with E-state index in [-0.39, 0.29) is 5.91 Å². The standard InChI is InChI=1S/C14H17N3O3S2/c1-4-11(20-10-7-5-6-9(8-10)19-2)12(18)15-13-16-17-14(21-3)22-13/h5-8,11H,4H2,1-3H3,(H,15,16,18)/t11-/m1/s1. The topological polar surface area (TPSA) is 73.3 Å². The fourth-order valence-electron chi connectivity index (χ4n) is 1.69. The van der Waals surface area contributed by atoms with Crippen molar-refractivity contribution in [2.45, 2.75) is 23.8 Å². The van der Waals surface area contributed by atoms with E-state index >= 15 is 0 Å². The number of nitrogens with one attached hydrogen (secondary N) is 1. The summed E-state index contributed by atoms with van der Waals surface area (Å²) in [6.45, 7) is 1.89. The van der Waals surface area contributed by atoms with Crippen molar-refractivity contribution < 1.29 is 14.3 Å². The number of rotatable bonds is 7. The molecule has 0 saturated carbocycles. The lowest BCUT2D eigenvalue weighted by Crippen LogP contribution is -2.32. The minimum Gasteiger partial charge on any atom is -0.497 e. The lowest BCUT2D eigenvalue weighted by Gasteiger charge is -2.16. The van der Waals surface area contributed by atoms with Crippen molar-refractivity contribution in [3.8, 4) is 11.5 Å². The van der Waals surface area contributed by atoms with Crippen molar-refractivity contribution in [2.75, 3.05) is 18.7 Å². The van der Waals surface area contributed by atoms with Gasteiger partial charge in [-0.1, -0.05) is 36.1 Å². The molecule has 0 unspecified atom stereocenters. The molecule has 118 valence electrons. The first kappa shape index (κ1) is 16.6. The van der Waals surface area contributed by atoms with Gasteiger partial charge in [-0.05, 0) is 24.8 Å². The second kappa shape index (κ2) is 8.00. The average Bonchev–Trinajstić information content (AvgIpc) is 3.00. The summed E-state index contributed by atoms with van der Waals surface area (Å²) in [5.74, 6) is 1.03. The number of methoxy groups -OCH3 is 1. The Balaban J connectivity index is 2.01. The van der Waals surface area contributed by atoms with E-state index < -0.39 is 6.10 Å². The zero-order chi connectivity index (χ0) is 15.9. The second-order valence-electron chi connectivity index (χ2n) is 4.26. The summed E-state index contributed by atoms with van der Waals surface area (Å²) in [5, 5.41) is 11.1. The molecular formula is C14H17N3O3S2. The van der Waals surface area contributed by atoms with E-state index in [2.05, 4.69) is 15.5 Å². The Bertz CT molecular complexity index is 633. The van der Waals surface area contributed by atoms with Gasteiger partial charge < -0.3 is 9.47 Å². The van der Waals surface area contributed by atoms with Gasteiger partial charge in [0.25, 0.3) is 5.91 Å². The third-order valence-electron chi connectivity index (χ3n) is 2.79. The van der Waals surface area contributed by atoms with Crippen molar-refractivity contribution in [1.82, 2.24) is 10.2 Å². The summed E-state index contributed by atoms with van der Waals surface area (Å²) < 4.78 is 11.7. The molecule has 0 aliphatic carbocycles. The molecule has 0 fully saturated rings. The first-order valence-corrected chi connectivity index (χ1v) is 8.69. The van der Waals surface area contributed by atoms with Crippen LogP contribution in [0, 0.1) is 0 Å². The van der Waals surface area contributed by atoms with Crippen molar-refractivity contribution in [3.63, 3.8) is 0 Å². The molecule has 22 heavy (non-hydrogen) atoms. The predicted molar refractivity (Wildman–Crippen MR) is 88.0 cm³/mol. The lowest BCUT2D eigenvalue weighted by molar-refractivity contribution is -0.122. The Morgan fingerprint density at radius 3 is 2.82 bits per heavy atom. The monoisotopic (exact) mass is 339 g/mol. The molecule has 1 aromatic carbocycles. The Morgan fingerprint density at radius 2 is 2.18 bits per heavy atom. The van der Waals surface area contributed by atoms with Crippen LogP contribution in [0.25, 0.3) is 0 Å². The fraction of sp³-hybridized carbons (Fsp3) is 0.357. The maximum Gasteiger partial charge on any atom is 0.267 e. The molecule has 0 radical (unpaired) electrons. The van der Waals surface area contributed by atoms with Crippen LogP contribution in [0.2, 0.25) is 0 Å². The molecule has 8 heteroatoms. The number of nitrogens with zero attached hydrogens (tertiary/aromatic N) is 2. The first-order valence-electron chi connectivity index (χ1n) is 6.65. The number of ether oxygens (including phenoxy) is 2. The number of benzene rings is 1. The Labute approximate surface area is 137 Å². The quantitative estimate of drug-likeness (QED) is 0.617. The molecule has 1 atom stereocenters. The smallest absolute Gasteiger partial charge is 0.267 e. The average molecular weight is 339 g/mol. The van der Waals surface area contributed by atoms with Gasteiger partial charge in [0.1, 0.15) is 11.5 Å². The summed E-state index contributed by atoms with van der Waals surface area (Å²) in [5.41, 5.74) is 0. The molecule has 1 aromatic heterocycles. The van der Waals surface area contributed by atoms with E-state index in [4.69, 9.17) is 9.47 Å². The van der Waals surface area contributed by atoms with Crippen LogP contribution in [0.1, 0.15) is 13.3 Å². The molecule has 1 amide bonds. The highest BCUT2D eigenvalue weighted by Crippen LogP contribution is 2.24. The number of amides is 1. The maximum absolute atomic E-state index is 12.3. The molecule has 0 aliphatic rings. The van der Waals surface area contributed by atoms with Gasteiger partial charge in [-0.15, -0.1) is 10.2 Å². The number of hydrogen-bond donors (Lipinski definition) is 1. The molecule has 2 aromatic rings. The van der Waals surface area contributed by atoms with Crippen LogP contribution < -0.4 is 14.8 Å². The maximum atomic E-state index is 12.3. The summed E-state index contributed by atoms with van der Waals surface area (Å²) in [6.07, 6.45) is 1.85. The highest BCUT2D eigenvalue weighted by molar-refractivity contribution is 8.00. The SMILES string of the molecule is CC[C@@H](Oc1cccc(OC)c1)C(=O)Nc1nnc(SC)s1. The predicted octanol–water partition coefficient (Wildman–Crippen LogP) is 3.06. The Morgan fingerprint density at radius 1 is 1.41 bits per heavy atom. The highest BCUT2D eigenvalue weighted by atomic mass is 32.2. The van der Waals surface area contributed by atoms with Gasteiger partial charge in [0, 0.05) is 6.07 Å². The van der Waals surface area contributed by atoms with E-state index in [1.54, 1.807) is 19.2 Å². The molecule has 2 rings (SSSR count). The number of anilines is 1. The van der Waals surface area contributed by atoms with Crippen LogP contribution in [0.5, 0.6) is 11.5 Å². The fourth-order valence-corrected chi connectivity index (χ4v) is 2.86. The van der Waals surface area contributed by atoms with Gasteiger partial charge in [0.05, 0.1) is 7.11 Å². The van der Waals surface area contributed by atoms with Gasteiger partial charge in [0.15, 0.2) is 10.4 Å². The van der Waals surface area contributed by atoms with Crippen LogP contribution in [-0.4, -0.2) is 35.6 Å². The molecule has 0 spiro atoms. The van der Waals surface area contributed by atoms with Crippen molar-refractivity contribution >= 4 is 34.1 Å². The van der Waals surface area contributed by atoms with Crippen molar-refractivity contribution in [1.29, 1.82) is 0 Å². The van der Waals surface area contributed by atoms with E-state index in [0.717, 1.165) is 4.34 Å². The summed E-state index contributed by atoms with van der Waals surface area (Å²) in [4.78, 5) is 12.3. The number of hydrogen-bond acceptors (Lipinski definition) is 7. The highest BCUT2D eigenvalue weighted by Gasteiger charge is 2.20. The van der Waals surface area contributed by atoms with E-state index in [9.17, 15) is 4.79 Å². The van der Waals surface area contributed by atoms with Gasteiger partial charge in [-0.3, -0.25) is 10.1 Å². The van der Waals surface area contributed by atoms with Gasteiger partial charge in [-0.25, -0.2) is 0 Å². The summed E-state index contributed by atoms with van der Waals surface area (Å²) in [6, 6.07) is 7.16. The van der Waals surface area contributed by atoms with Crippen LogP contribution >= 0.6 is 23.1 Å². The van der Waals surface area contributed by atoms with Crippen LogP contribution in [0.15, 0.2) is 28.6 Å². The summed E-state index contributed by atoms with van der Waals surface area (Å²) in [7, 11) is 1.59. The molecular weight excluding hydrogens is 322 g/mol. The molecule has 1 heterocycles. The number of carbonyl (C=O) groups excluding carboxylic acids is 1. The molecule has 0 saturated heterocycles. The largest absolute Gasteiger partial charge is 0.497 e. The Hall–Kier alpha value is -1.80. The number of thioether (sulfide) groups is 1. The van der Waals surface area contributed by atoms with E-state index in [1.165, 1.54) is 23.1 Å². The Kier molecular flexibility index (Phi) is 6.02. The third-order valence-corrected chi connectivity index (χ3v) is 4.61. The zero-order valence-corrected chi connectivity index (χ0v) is 14.2. The zero-order valence-electron chi connectivity index (χ0n) is 12.5. The van der Waals surface area contributed by atoms with Gasteiger partial charge in [-0.2, -0.15) is 0 Å². The molecule has 6 nitrogen and oxygen atoms in total. The number of carbonyl (C=O) groups is 1. The second-order valence-corrected chi connectivity index (χ2v) is 6.29. The summed E-state index contributed by atoms with van der Waals surface area (Å²) >= 11 is 2.82. The normalized spacial score (nSPS) is 11.8. The van der Waals surface area contributed by atoms with Crippen molar-refractivity contribution in [3.05, 3.63) is 24.3 Å². The van der Waals surface area contributed by atoms with Gasteiger partial charge in [0.2, 0.25) is 5.13 Å². The minimum absolute atomic E-state index is 0.242. The van der Waals surface area contributed by atoms with Crippen LogP contribution in [0.4, 0.5) is 5.13 Å². The molecule has 0 aliphatic heterocycles. The minimum atomic E-state index is -0.603. The lowest BCUT2D eigenvalue weighted by atomic mass is 10.2. The number of aromatic nitrogens is 2. The van der Waals surface area contributed by atoms with Gasteiger partial charge >= 0.3 is 0 Å². The third kappa shape index (κ3) is 4.35. The molecule has 1 N–H and O–H groups in total. The van der Waals surface area contributed by atoms with Crippen molar-refractivity contribution in [2.24, 2.45) is 0 Å². The van der Waals surface area contributed by atoms with E-state index in [0.29, 0.717) is 23.1 Å². The molecule has 0 bridgehead atoms. The first-order chi connectivity index (χ1) is 10.7. The van der Waals surface area contributed by atoms with E-state index in [1.807, 2.05) is 25.3 Å². The van der Waals surface area contributed by atoms with Crippen LogP contribution in [-0.2, 0) is 4.79 Å². The van der Waals surface area contributed by atoms with Crippen LogP contribution in [0.3, 0.4) is 0 Å².